The Morgan fingerprint density at radius 3 is 2.80 bits per heavy atom. The number of likely N-dealkylation sites (tertiary alicyclic amines) is 1. The Morgan fingerprint density at radius 2 is 2.20 bits per heavy atom. The van der Waals surface area contributed by atoms with Crippen LogP contribution in [-0.4, -0.2) is 58.5 Å². The summed E-state index contributed by atoms with van der Waals surface area (Å²) in [6, 6.07) is 0.0280. The monoisotopic (exact) mass is 346 g/mol. The Labute approximate surface area is 148 Å². The van der Waals surface area contributed by atoms with E-state index in [0.717, 1.165) is 44.5 Å². The van der Waals surface area contributed by atoms with Gasteiger partial charge in [-0.1, -0.05) is 6.92 Å². The summed E-state index contributed by atoms with van der Waals surface area (Å²) in [5.74, 6) is 0.613. The van der Waals surface area contributed by atoms with Gasteiger partial charge in [-0.3, -0.25) is 9.59 Å². The lowest BCUT2D eigenvalue weighted by atomic mass is 10.1. The lowest BCUT2D eigenvalue weighted by Crippen LogP contribution is -2.48. The molecule has 2 aliphatic rings. The molecule has 7 heteroatoms. The molecule has 0 radical (unpaired) electrons. The molecule has 0 aromatic carbocycles. The van der Waals surface area contributed by atoms with Gasteiger partial charge in [-0.15, -0.1) is 0 Å². The first-order valence-corrected chi connectivity index (χ1v) is 8.97. The average Bonchev–Trinajstić information content (AvgIpc) is 3.29. The SMILES string of the molecule is CCc1ncc(C(=O)NCC2CCCN2C(=O)C2(OC)CC2)c(C)n1. The summed E-state index contributed by atoms with van der Waals surface area (Å²) in [5, 5.41) is 2.94. The van der Waals surface area contributed by atoms with Gasteiger partial charge in [-0.25, -0.2) is 9.97 Å². The number of rotatable bonds is 6. The van der Waals surface area contributed by atoms with Crippen molar-refractivity contribution in [2.45, 2.75) is 57.6 Å². The molecule has 0 bridgehead atoms. The van der Waals surface area contributed by atoms with Crippen LogP contribution in [0, 0.1) is 6.92 Å². The molecule has 1 saturated heterocycles. The number of aromatic nitrogens is 2. The molecule has 1 aliphatic carbocycles. The number of nitrogens with one attached hydrogen (secondary N) is 1. The lowest BCUT2D eigenvalue weighted by molar-refractivity contribution is -0.145. The van der Waals surface area contributed by atoms with E-state index in [0.29, 0.717) is 17.8 Å². The van der Waals surface area contributed by atoms with E-state index in [2.05, 4.69) is 15.3 Å². The molecule has 7 nitrogen and oxygen atoms in total. The fourth-order valence-electron chi connectivity index (χ4n) is 3.41. The zero-order chi connectivity index (χ0) is 18.0. The molecule has 2 fully saturated rings. The second-order valence-corrected chi connectivity index (χ2v) is 6.84. The number of hydrogen-bond donors (Lipinski definition) is 1. The standard InChI is InChI=1S/C18H26N4O3/c1-4-15-19-11-14(12(2)21-15)16(23)20-10-13-6-5-9-22(13)17(24)18(25-3)7-8-18/h11,13H,4-10H2,1-3H3,(H,20,23). The largest absolute Gasteiger partial charge is 0.368 e. The van der Waals surface area contributed by atoms with Crippen molar-refractivity contribution >= 4 is 11.8 Å². The Morgan fingerprint density at radius 1 is 1.44 bits per heavy atom. The van der Waals surface area contributed by atoms with Gasteiger partial charge < -0.3 is 15.0 Å². The van der Waals surface area contributed by atoms with Crippen LogP contribution in [0.15, 0.2) is 6.20 Å². The molecule has 1 aromatic rings. The van der Waals surface area contributed by atoms with Gasteiger partial charge in [0, 0.05) is 38.9 Å². The van der Waals surface area contributed by atoms with Crippen LogP contribution in [-0.2, 0) is 16.0 Å². The first kappa shape index (κ1) is 17.8. The van der Waals surface area contributed by atoms with Crippen LogP contribution in [0.1, 0.15) is 54.5 Å². The predicted molar refractivity (Wildman–Crippen MR) is 92.2 cm³/mol. The van der Waals surface area contributed by atoms with Crippen molar-refractivity contribution in [3.8, 4) is 0 Å². The summed E-state index contributed by atoms with van der Waals surface area (Å²) < 4.78 is 5.41. The molecule has 1 N–H and O–H groups in total. The minimum atomic E-state index is -0.604. The molecule has 1 saturated carbocycles. The third kappa shape index (κ3) is 3.51. The number of hydrogen-bond acceptors (Lipinski definition) is 5. The van der Waals surface area contributed by atoms with E-state index in [1.165, 1.54) is 0 Å². The summed E-state index contributed by atoms with van der Waals surface area (Å²) in [7, 11) is 1.60. The van der Waals surface area contributed by atoms with Crippen molar-refractivity contribution in [1.29, 1.82) is 0 Å². The fourth-order valence-corrected chi connectivity index (χ4v) is 3.41. The van der Waals surface area contributed by atoms with Crippen LogP contribution in [0.5, 0.6) is 0 Å². The van der Waals surface area contributed by atoms with E-state index < -0.39 is 5.60 Å². The maximum absolute atomic E-state index is 12.7. The van der Waals surface area contributed by atoms with E-state index in [1.807, 2.05) is 18.7 Å². The second kappa shape index (κ2) is 7.07. The highest BCUT2D eigenvalue weighted by molar-refractivity contribution is 5.95. The number of aryl methyl sites for hydroxylation is 2. The van der Waals surface area contributed by atoms with Gasteiger partial charge in [-0.2, -0.15) is 0 Å². The van der Waals surface area contributed by atoms with Crippen LogP contribution in [0.25, 0.3) is 0 Å². The molecule has 1 atom stereocenters. The first-order valence-electron chi connectivity index (χ1n) is 8.97. The molecule has 3 rings (SSSR count). The smallest absolute Gasteiger partial charge is 0.255 e. The number of methoxy groups -OCH3 is 1. The number of carbonyl (C=O) groups excluding carboxylic acids is 2. The maximum Gasteiger partial charge on any atom is 0.255 e. The van der Waals surface area contributed by atoms with E-state index in [4.69, 9.17) is 4.74 Å². The number of nitrogens with zero attached hydrogens (tertiary/aromatic N) is 3. The number of amides is 2. The van der Waals surface area contributed by atoms with Gasteiger partial charge in [0.25, 0.3) is 11.8 Å². The van der Waals surface area contributed by atoms with Crippen LogP contribution >= 0.6 is 0 Å². The van der Waals surface area contributed by atoms with Gasteiger partial charge in [0.05, 0.1) is 11.3 Å². The minimum Gasteiger partial charge on any atom is -0.368 e. The second-order valence-electron chi connectivity index (χ2n) is 6.84. The van der Waals surface area contributed by atoms with Crippen molar-refractivity contribution in [3.05, 3.63) is 23.3 Å². The van der Waals surface area contributed by atoms with Gasteiger partial charge in [0.15, 0.2) is 0 Å². The summed E-state index contributed by atoms with van der Waals surface area (Å²) in [4.78, 5) is 35.5. The molecular formula is C18H26N4O3. The van der Waals surface area contributed by atoms with Crippen molar-refractivity contribution in [2.75, 3.05) is 20.2 Å². The normalized spacial score (nSPS) is 21.2. The Hall–Kier alpha value is -2.02. The van der Waals surface area contributed by atoms with Crippen LogP contribution in [0.3, 0.4) is 0 Å². The van der Waals surface area contributed by atoms with Crippen molar-refractivity contribution < 1.29 is 14.3 Å². The Balaban J connectivity index is 1.60. The predicted octanol–water partition coefficient (Wildman–Crippen LogP) is 1.25. The third-order valence-electron chi connectivity index (χ3n) is 5.21. The van der Waals surface area contributed by atoms with E-state index in [-0.39, 0.29) is 17.9 Å². The molecule has 1 unspecified atom stereocenters. The van der Waals surface area contributed by atoms with E-state index >= 15 is 0 Å². The zero-order valence-corrected chi connectivity index (χ0v) is 15.2. The summed E-state index contributed by atoms with van der Waals surface area (Å²) in [6.07, 6.45) is 5.76. The molecule has 2 heterocycles. The maximum atomic E-state index is 12.7. The highest BCUT2D eigenvalue weighted by atomic mass is 16.5. The highest BCUT2D eigenvalue weighted by Crippen LogP contribution is 2.41. The fraction of sp³-hybridized carbons (Fsp3) is 0.667. The summed E-state index contributed by atoms with van der Waals surface area (Å²) in [6.45, 7) is 4.97. The third-order valence-corrected chi connectivity index (χ3v) is 5.21. The van der Waals surface area contributed by atoms with Gasteiger partial charge in [0.1, 0.15) is 11.4 Å². The first-order chi connectivity index (χ1) is 12.0. The summed E-state index contributed by atoms with van der Waals surface area (Å²) in [5.41, 5.74) is 0.566. The quantitative estimate of drug-likeness (QED) is 0.838. The molecule has 25 heavy (non-hydrogen) atoms. The minimum absolute atomic E-state index is 0.0280. The molecule has 1 aromatic heterocycles. The number of ether oxygens (including phenoxy) is 1. The zero-order valence-electron chi connectivity index (χ0n) is 15.2. The van der Waals surface area contributed by atoms with Gasteiger partial charge >= 0.3 is 0 Å². The molecule has 2 amide bonds. The molecule has 0 spiro atoms. The van der Waals surface area contributed by atoms with E-state index in [1.54, 1.807) is 13.3 Å². The van der Waals surface area contributed by atoms with Gasteiger partial charge in [-0.05, 0) is 32.6 Å². The van der Waals surface area contributed by atoms with Gasteiger partial charge in [0.2, 0.25) is 0 Å². The average molecular weight is 346 g/mol. The van der Waals surface area contributed by atoms with Crippen molar-refractivity contribution in [2.24, 2.45) is 0 Å². The topological polar surface area (TPSA) is 84.4 Å². The van der Waals surface area contributed by atoms with Crippen LogP contribution in [0.4, 0.5) is 0 Å². The molecular weight excluding hydrogens is 320 g/mol. The molecule has 1 aliphatic heterocycles. The van der Waals surface area contributed by atoms with E-state index in [9.17, 15) is 9.59 Å². The Bertz CT molecular complexity index is 672. The molecule has 136 valence electrons. The van der Waals surface area contributed by atoms with Crippen molar-refractivity contribution in [1.82, 2.24) is 20.2 Å². The van der Waals surface area contributed by atoms with Crippen LogP contribution in [0.2, 0.25) is 0 Å². The summed E-state index contributed by atoms with van der Waals surface area (Å²) >= 11 is 0. The highest BCUT2D eigenvalue weighted by Gasteiger charge is 2.53. The van der Waals surface area contributed by atoms with Crippen molar-refractivity contribution in [3.63, 3.8) is 0 Å². The Kier molecular flexibility index (Phi) is 5.03. The number of carbonyl (C=O) groups is 2. The van der Waals surface area contributed by atoms with Crippen LogP contribution < -0.4 is 5.32 Å². The lowest BCUT2D eigenvalue weighted by Gasteiger charge is -2.28.